The molecule has 2 atom stereocenters. The molecule has 1 N–H and O–H groups in total. The van der Waals surface area contributed by atoms with Crippen LogP contribution >= 0.6 is 0 Å². The highest BCUT2D eigenvalue weighted by atomic mass is 32.2. The Morgan fingerprint density at radius 2 is 2.00 bits per heavy atom. The zero-order valence-electron chi connectivity index (χ0n) is 10.9. The van der Waals surface area contributed by atoms with E-state index >= 15 is 0 Å². The molecule has 20 heavy (non-hydrogen) atoms. The predicted molar refractivity (Wildman–Crippen MR) is 70.7 cm³/mol. The van der Waals surface area contributed by atoms with Gasteiger partial charge in [0.2, 0.25) is 0 Å². The lowest BCUT2D eigenvalue weighted by Gasteiger charge is -2.24. The third-order valence-corrected chi connectivity index (χ3v) is 6.58. The Kier molecular flexibility index (Phi) is 2.38. The van der Waals surface area contributed by atoms with E-state index in [1.807, 2.05) is 4.68 Å². The number of aromatic carboxylic acids is 1. The van der Waals surface area contributed by atoms with Crippen LogP contribution in [0.5, 0.6) is 0 Å². The molecule has 1 saturated carbocycles. The second kappa shape index (κ2) is 3.84. The van der Waals surface area contributed by atoms with Crippen LogP contribution in [0.25, 0.3) is 0 Å². The summed E-state index contributed by atoms with van der Waals surface area (Å²) in [7, 11) is -2.91. The molecular weight excluding hydrogens is 280 g/mol. The van der Waals surface area contributed by atoms with E-state index in [0.29, 0.717) is 24.7 Å². The third-order valence-electron chi connectivity index (χ3n) is 4.86. The van der Waals surface area contributed by atoms with Crippen molar-refractivity contribution in [1.29, 1.82) is 0 Å². The second-order valence-corrected chi connectivity index (χ2v) is 8.46. The number of carbonyl (C=O) groups is 1. The van der Waals surface area contributed by atoms with E-state index in [9.17, 15) is 18.3 Å². The molecular formula is C13H16N2O4S. The average Bonchev–Trinajstić information content (AvgIpc) is 2.88. The minimum atomic E-state index is -2.91. The highest BCUT2D eigenvalue weighted by Gasteiger charge is 2.50. The van der Waals surface area contributed by atoms with E-state index in [0.717, 1.165) is 24.1 Å². The van der Waals surface area contributed by atoms with Crippen molar-refractivity contribution < 1.29 is 18.3 Å². The van der Waals surface area contributed by atoms with Gasteiger partial charge in [-0.2, -0.15) is 5.10 Å². The Labute approximate surface area is 116 Å². The first-order valence-corrected chi connectivity index (χ1v) is 8.83. The van der Waals surface area contributed by atoms with Crippen LogP contribution < -0.4 is 0 Å². The minimum absolute atomic E-state index is 0.0414. The summed E-state index contributed by atoms with van der Waals surface area (Å²) in [5.41, 5.74) is 2.16. The van der Waals surface area contributed by atoms with Crippen molar-refractivity contribution >= 4 is 15.8 Å². The van der Waals surface area contributed by atoms with E-state index in [-0.39, 0.29) is 23.2 Å². The number of nitrogens with zero attached hydrogens (tertiary/aromatic N) is 2. The lowest BCUT2D eigenvalue weighted by atomic mass is 10.1. The number of carboxylic acids is 1. The van der Waals surface area contributed by atoms with Gasteiger partial charge >= 0.3 is 5.97 Å². The number of rotatable bonds is 2. The summed E-state index contributed by atoms with van der Waals surface area (Å²) in [4.78, 5) is 11.3. The first kappa shape index (κ1) is 12.4. The topological polar surface area (TPSA) is 89.3 Å². The summed E-state index contributed by atoms with van der Waals surface area (Å²) in [6.45, 7) is 0. The number of hydrogen-bond donors (Lipinski definition) is 1. The standard InChI is InChI=1S/C13H16N2O4S/c16-13(17)11-10-6-7-5-9(7)12(10)15(14-11)8-1-3-20(18,19)4-2-8/h7-9H,1-6H2,(H,16,17)/t7-,9-/m1/s1. The van der Waals surface area contributed by atoms with Crippen molar-refractivity contribution in [3.63, 3.8) is 0 Å². The van der Waals surface area contributed by atoms with E-state index < -0.39 is 15.8 Å². The van der Waals surface area contributed by atoms with Crippen LogP contribution in [0.2, 0.25) is 0 Å². The third kappa shape index (κ3) is 1.72. The maximum absolute atomic E-state index is 11.5. The molecule has 6 nitrogen and oxygen atoms in total. The van der Waals surface area contributed by atoms with Gasteiger partial charge in [-0.05, 0) is 31.6 Å². The van der Waals surface area contributed by atoms with Gasteiger partial charge in [-0.15, -0.1) is 0 Å². The van der Waals surface area contributed by atoms with Crippen molar-refractivity contribution in [2.24, 2.45) is 5.92 Å². The fourth-order valence-electron chi connectivity index (χ4n) is 3.72. The lowest BCUT2D eigenvalue weighted by Crippen LogP contribution is -2.27. The number of carboxylic acid groups (broad SMARTS) is 1. The molecule has 4 rings (SSSR count). The molecule has 3 aliphatic rings. The average molecular weight is 296 g/mol. The summed E-state index contributed by atoms with van der Waals surface area (Å²) in [5, 5.41) is 13.6. The van der Waals surface area contributed by atoms with Crippen LogP contribution in [0.1, 0.15) is 53.0 Å². The van der Waals surface area contributed by atoms with Crippen LogP contribution in [-0.2, 0) is 16.3 Å². The van der Waals surface area contributed by atoms with Crippen molar-refractivity contribution in [3.8, 4) is 0 Å². The summed E-state index contributed by atoms with van der Waals surface area (Å²) < 4.78 is 24.9. The number of aromatic nitrogens is 2. The summed E-state index contributed by atoms with van der Waals surface area (Å²) in [5.74, 6) is 0.458. The SMILES string of the molecule is O=C(O)c1nn(C2CCS(=O)(=O)CC2)c2c1C[C@H]1C[C@@H]21. The van der Waals surface area contributed by atoms with Gasteiger partial charge in [0.1, 0.15) is 9.84 Å². The van der Waals surface area contributed by atoms with Crippen LogP contribution in [0.3, 0.4) is 0 Å². The summed E-state index contributed by atoms with van der Waals surface area (Å²) in [6.07, 6.45) is 3.05. The molecule has 0 bridgehead atoms. The summed E-state index contributed by atoms with van der Waals surface area (Å²) in [6, 6.07) is 0.0414. The molecule has 1 aliphatic heterocycles. The fraction of sp³-hybridized carbons (Fsp3) is 0.692. The van der Waals surface area contributed by atoms with E-state index in [1.54, 1.807) is 0 Å². The molecule has 0 unspecified atom stereocenters. The predicted octanol–water partition coefficient (Wildman–Crippen LogP) is 0.991. The van der Waals surface area contributed by atoms with Crippen molar-refractivity contribution in [3.05, 3.63) is 17.0 Å². The highest BCUT2D eigenvalue weighted by Crippen LogP contribution is 2.57. The first-order chi connectivity index (χ1) is 9.46. The quantitative estimate of drug-likeness (QED) is 0.879. The Morgan fingerprint density at radius 3 is 2.65 bits per heavy atom. The minimum Gasteiger partial charge on any atom is -0.476 e. The molecule has 0 aromatic carbocycles. The van der Waals surface area contributed by atoms with Crippen LogP contribution in [-0.4, -0.2) is 40.8 Å². The molecule has 7 heteroatoms. The normalized spacial score (nSPS) is 30.8. The van der Waals surface area contributed by atoms with Gasteiger partial charge in [-0.25, -0.2) is 13.2 Å². The molecule has 2 aliphatic carbocycles. The van der Waals surface area contributed by atoms with Crippen molar-refractivity contribution in [1.82, 2.24) is 9.78 Å². The molecule has 1 saturated heterocycles. The molecule has 1 aromatic rings. The maximum Gasteiger partial charge on any atom is 0.356 e. The lowest BCUT2D eigenvalue weighted by molar-refractivity contribution is 0.0687. The molecule has 0 amide bonds. The second-order valence-electron chi connectivity index (χ2n) is 6.15. The number of fused-ring (bicyclic) bond motifs is 3. The smallest absolute Gasteiger partial charge is 0.356 e. The van der Waals surface area contributed by atoms with Gasteiger partial charge in [-0.3, -0.25) is 4.68 Å². The molecule has 2 fully saturated rings. The van der Waals surface area contributed by atoms with Crippen LogP contribution in [0.4, 0.5) is 0 Å². The van der Waals surface area contributed by atoms with E-state index in [1.165, 1.54) is 0 Å². The maximum atomic E-state index is 11.5. The largest absolute Gasteiger partial charge is 0.476 e. The van der Waals surface area contributed by atoms with Gasteiger partial charge in [0.05, 0.1) is 17.5 Å². The molecule has 108 valence electrons. The molecule has 0 spiro atoms. The number of hydrogen-bond acceptors (Lipinski definition) is 4. The molecule has 0 radical (unpaired) electrons. The zero-order chi connectivity index (χ0) is 14.1. The molecule has 2 heterocycles. The van der Waals surface area contributed by atoms with Gasteiger partial charge < -0.3 is 5.11 Å². The Bertz CT molecular complexity index is 692. The van der Waals surface area contributed by atoms with Gasteiger partial charge in [0, 0.05) is 17.2 Å². The Hall–Kier alpha value is -1.37. The molecule has 1 aromatic heterocycles. The highest BCUT2D eigenvalue weighted by molar-refractivity contribution is 7.91. The first-order valence-electron chi connectivity index (χ1n) is 7.01. The Morgan fingerprint density at radius 1 is 1.30 bits per heavy atom. The van der Waals surface area contributed by atoms with E-state index in [2.05, 4.69) is 5.10 Å². The number of sulfone groups is 1. The monoisotopic (exact) mass is 296 g/mol. The van der Waals surface area contributed by atoms with Crippen molar-refractivity contribution in [2.45, 2.75) is 37.6 Å². The summed E-state index contributed by atoms with van der Waals surface area (Å²) >= 11 is 0. The van der Waals surface area contributed by atoms with Gasteiger partial charge in [0.25, 0.3) is 0 Å². The van der Waals surface area contributed by atoms with Crippen LogP contribution in [0, 0.1) is 5.92 Å². The zero-order valence-corrected chi connectivity index (χ0v) is 11.8. The van der Waals surface area contributed by atoms with Gasteiger partial charge in [-0.1, -0.05) is 0 Å². The van der Waals surface area contributed by atoms with E-state index in [4.69, 9.17) is 0 Å². The fourth-order valence-corrected chi connectivity index (χ4v) is 5.19. The van der Waals surface area contributed by atoms with Crippen molar-refractivity contribution in [2.75, 3.05) is 11.5 Å². The van der Waals surface area contributed by atoms with Crippen LogP contribution in [0.15, 0.2) is 0 Å². The Balaban J connectivity index is 1.72. The van der Waals surface area contributed by atoms with Gasteiger partial charge in [0.15, 0.2) is 5.69 Å².